The molecule has 1 aliphatic heterocycles. The van der Waals surface area contributed by atoms with Crippen LogP contribution in [0.3, 0.4) is 0 Å². The third-order valence-corrected chi connectivity index (χ3v) is 3.76. The minimum absolute atomic E-state index is 0.302. The molecule has 2 atom stereocenters. The number of nitrogens with one attached hydrogen (secondary N) is 2. The summed E-state index contributed by atoms with van der Waals surface area (Å²) >= 11 is 0. The molecule has 0 aromatic rings. The van der Waals surface area contributed by atoms with Gasteiger partial charge >= 0.3 is 0 Å². The lowest BCUT2D eigenvalue weighted by atomic mass is 10.1. The van der Waals surface area contributed by atoms with Gasteiger partial charge in [-0.05, 0) is 25.7 Å². The molecule has 0 radical (unpaired) electrons. The Balaban J connectivity index is 1.87. The van der Waals surface area contributed by atoms with E-state index in [1.165, 1.54) is 12.8 Å². The summed E-state index contributed by atoms with van der Waals surface area (Å²) in [4.78, 5) is 6.42. The van der Waals surface area contributed by atoms with Gasteiger partial charge in [0.25, 0.3) is 6.43 Å². The van der Waals surface area contributed by atoms with Crippen molar-refractivity contribution in [1.29, 1.82) is 0 Å². The van der Waals surface area contributed by atoms with Crippen LogP contribution in [0.5, 0.6) is 0 Å². The van der Waals surface area contributed by atoms with E-state index in [1.807, 2.05) is 6.92 Å². The third kappa shape index (κ3) is 4.30. The molecular weight excluding hydrogens is 250 g/mol. The fourth-order valence-corrected chi connectivity index (χ4v) is 2.59. The second-order valence-electron chi connectivity index (χ2n) is 5.52. The first-order chi connectivity index (χ1) is 9.10. The van der Waals surface area contributed by atoms with Crippen molar-refractivity contribution >= 4 is 5.96 Å². The van der Waals surface area contributed by atoms with E-state index in [0.717, 1.165) is 19.1 Å². The SMILES string of the molecule is CCNC(=NCC(F)F)NC1CN(C2CC2)CC1C. The van der Waals surface area contributed by atoms with Crippen LogP contribution in [-0.2, 0) is 0 Å². The van der Waals surface area contributed by atoms with Gasteiger partial charge in [-0.15, -0.1) is 0 Å². The van der Waals surface area contributed by atoms with Crippen LogP contribution in [0.4, 0.5) is 8.78 Å². The fourth-order valence-electron chi connectivity index (χ4n) is 2.59. The smallest absolute Gasteiger partial charge is 0.257 e. The quantitative estimate of drug-likeness (QED) is 0.586. The van der Waals surface area contributed by atoms with Gasteiger partial charge in [0.1, 0.15) is 6.54 Å². The average molecular weight is 274 g/mol. The topological polar surface area (TPSA) is 39.7 Å². The lowest BCUT2D eigenvalue weighted by Gasteiger charge is -2.20. The van der Waals surface area contributed by atoms with Crippen molar-refractivity contribution < 1.29 is 8.78 Å². The maximum absolute atomic E-state index is 12.2. The summed E-state index contributed by atoms with van der Waals surface area (Å²) in [7, 11) is 0. The minimum Gasteiger partial charge on any atom is -0.357 e. The molecule has 0 bridgehead atoms. The summed E-state index contributed by atoms with van der Waals surface area (Å²) in [5.41, 5.74) is 0. The number of aliphatic imine (C=N–C) groups is 1. The van der Waals surface area contributed by atoms with E-state index in [-0.39, 0.29) is 0 Å². The summed E-state index contributed by atoms with van der Waals surface area (Å²) < 4.78 is 24.5. The Morgan fingerprint density at radius 2 is 2.11 bits per heavy atom. The van der Waals surface area contributed by atoms with Crippen LogP contribution in [0.2, 0.25) is 0 Å². The third-order valence-electron chi connectivity index (χ3n) is 3.76. The largest absolute Gasteiger partial charge is 0.357 e. The zero-order chi connectivity index (χ0) is 13.8. The van der Waals surface area contributed by atoms with Gasteiger partial charge in [-0.1, -0.05) is 6.92 Å². The first-order valence-electron chi connectivity index (χ1n) is 7.17. The van der Waals surface area contributed by atoms with E-state index >= 15 is 0 Å². The maximum atomic E-state index is 12.2. The Bertz CT molecular complexity index is 318. The van der Waals surface area contributed by atoms with Crippen molar-refractivity contribution in [3.63, 3.8) is 0 Å². The monoisotopic (exact) mass is 274 g/mol. The molecule has 1 saturated carbocycles. The number of halogens is 2. The normalized spacial score (nSPS) is 29.0. The zero-order valence-electron chi connectivity index (χ0n) is 11.7. The van der Waals surface area contributed by atoms with Crippen molar-refractivity contribution in [1.82, 2.24) is 15.5 Å². The summed E-state index contributed by atoms with van der Waals surface area (Å²) in [5.74, 6) is 1.04. The van der Waals surface area contributed by atoms with E-state index in [2.05, 4.69) is 27.4 Å². The highest BCUT2D eigenvalue weighted by Gasteiger charge is 2.38. The Hall–Kier alpha value is -0.910. The van der Waals surface area contributed by atoms with Crippen LogP contribution in [0.15, 0.2) is 4.99 Å². The summed E-state index contributed by atoms with van der Waals surface area (Å²) in [6.07, 6.45) is 0.220. The second kappa shape index (κ2) is 6.50. The first kappa shape index (κ1) is 14.5. The Morgan fingerprint density at radius 3 is 2.68 bits per heavy atom. The van der Waals surface area contributed by atoms with E-state index in [4.69, 9.17) is 0 Å². The predicted molar refractivity (Wildman–Crippen MR) is 72.7 cm³/mol. The van der Waals surface area contributed by atoms with Crippen LogP contribution >= 0.6 is 0 Å². The molecule has 1 saturated heterocycles. The molecule has 1 heterocycles. The van der Waals surface area contributed by atoms with Crippen LogP contribution < -0.4 is 10.6 Å². The molecule has 2 aliphatic rings. The second-order valence-corrected chi connectivity index (χ2v) is 5.52. The highest BCUT2D eigenvalue weighted by atomic mass is 19.3. The molecule has 19 heavy (non-hydrogen) atoms. The van der Waals surface area contributed by atoms with Gasteiger partial charge in [-0.25, -0.2) is 13.8 Å². The maximum Gasteiger partial charge on any atom is 0.257 e. The van der Waals surface area contributed by atoms with Crippen LogP contribution in [0.25, 0.3) is 0 Å². The predicted octanol–water partition coefficient (Wildman–Crippen LogP) is 1.29. The van der Waals surface area contributed by atoms with E-state index in [1.54, 1.807) is 0 Å². The number of guanidine groups is 1. The Morgan fingerprint density at radius 1 is 1.37 bits per heavy atom. The number of hydrogen-bond donors (Lipinski definition) is 2. The van der Waals surface area contributed by atoms with Crippen molar-refractivity contribution in [2.24, 2.45) is 10.9 Å². The van der Waals surface area contributed by atoms with Crippen molar-refractivity contribution in [3.05, 3.63) is 0 Å². The molecule has 6 heteroatoms. The molecule has 2 fully saturated rings. The molecule has 0 aromatic carbocycles. The highest BCUT2D eigenvalue weighted by molar-refractivity contribution is 5.80. The number of nitrogens with zero attached hydrogens (tertiary/aromatic N) is 2. The average Bonchev–Trinajstić information content (AvgIpc) is 3.13. The van der Waals surface area contributed by atoms with Crippen LogP contribution in [0.1, 0.15) is 26.7 Å². The molecule has 110 valence electrons. The van der Waals surface area contributed by atoms with E-state index in [0.29, 0.717) is 24.5 Å². The van der Waals surface area contributed by atoms with E-state index < -0.39 is 13.0 Å². The van der Waals surface area contributed by atoms with Gasteiger partial charge in [0.05, 0.1) is 0 Å². The van der Waals surface area contributed by atoms with Gasteiger partial charge in [0, 0.05) is 31.7 Å². The van der Waals surface area contributed by atoms with Crippen LogP contribution in [0, 0.1) is 5.92 Å². The van der Waals surface area contributed by atoms with Gasteiger partial charge in [0.2, 0.25) is 0 Å². The standard InChI is InChI=1S/C13H24F2N4/c1-3-16-13(17-6-12(14)15)18-11-8-19(7-9(11)2)10-4-5-10/h9-12H,3-8H2,1-2H3,(H2,16,17,18). The van der Waals surface area contributed by atoms with Crippen molar-refractivity contribution in [2.45, 2.75) is 45.2 Å². The molecule has 2 unspecified atom stereocenters. The fraction of sp³-hybridized carbons (Fsp3) is 0.923. The number of likely N-dealkylation sites (tertiary alicyclic amines) is 1. The lowest BCUT2D eigenvalue weighted by Crippen LogP contribution is -2.46. The van der Waals surface area contributed by atoms with Gasteiger partial charge < -0.3 is 10.6 Å². The molecule has 2 rings (SSSR count). The minimum atomic E-state index is -2.39. The van der Waals surface area contributed by atoms with Crippen molar-refractivity contribution in [2.75, 3.05) is 26.2 Å². The molecule has 0 amide bonds. The molecule has 2 N–H and O–H groups in total. The Kier molecular flexibility index (Phi) is 4.96. The molecule has 4 nitrogen and oxygen atoms in total. The first-order valence-corrected chi connectivity index (χ1v) is 7.17. The number of hydrogen-bond acceptors (Lipinski definition) is 2. The number of alkyl halides is 2. The summed E-state index contributed by atoms with van der Waals surface area (Å²) in [6, 6.07) is 1.06. The zero-order valence-corrected chi connectivity index (χ0v) is 11.7. The van der Waals surface area contributed by atoms with Gasteiger partial charge in [0.15, 0.2) is 5.96 Å². The summed E-state index contributed by atoms with van der Waals surface area (Å²) in [6.45, 7) is 6.47. The Labute approximate surface area is 113 Å². The number of rotatable bonds is 5. The molecular formula is C13H24F2N4. The molecule has 0 aromatic heterocycles. The molecule has 1 aliphatic carbocycles. The highest BCUT2D eigenvalue weighted by Crippen LogP contribution is 2.31. The summed E-state index contributed by atoms with van der Waals surface area (Å²) in [5, 5.41) is 6.33. The van der Waals surface area contributed by atoms with Crippen LogP contribution in [-0.4, -0.2) is 55.5 Å². The lowest BCUT2D eigenvalue weighted by molar-refractivity contribution is 0.158. The van der Waals surface area contributed by atoms with E-state index in [9.17, 15) is 8.78 Å². The van der Waals surface area contributed by atoms with Gasteiger partial charge in [-0.2, -0.15) is 0 Å². The van der Waals surface area contributed by atoms with Gasteiger partial charge in [-0.3, -0.25) is 4.90 Å². The van der Waals surface area contributed by atoms with Crippen molar-refractivity contribution in [3.8, 4) is 0 Å². The molecule has 0 spiro atoms.